The summed E-state index contributed by atoms with van der Waals surface area (Å²) in [7, 11) is 0. The Labute approximate surface area is 120 Å². The lowest BCUT2D eigenvalue weighted by Crippen LogP contribution is -2.09. The van der Waals surface area contributed by atoms with E-state index in [-0.39, 0.29) is 5.56 Å². The molecule has 0 saturated carbocycles. The van der Waals surface area contributed by atoms with Crippen LogP contribution >= 0.6 is 11.6 Å². The van der Waals surface area contributed by atoms with Gasteiger partial charge in [0.05, 0.1) is 16.6 Å². The molecule has 0 amide bonds. The molecule has 20 heavy (non-hydrogen) atoms. The van der Waals surface area contributed by atoms with Crippen molar-refractivity contribution in [2.45, 2.75) is 12.3 Å². The van der Waals surface area contributed by atoms with Gasteiger partial charge in [-0.3, -0.25) is 9.78 Å². The van der Waals surface area contributed by atoms with Gasteiger partial charge in [-0.05, 0) is 23.3 Å². The number of rotatable bonds is 1. The first-order valence-corrected chi connectivity index (χ1v) is 7.00. The molecule has 0 aliphatic heterocycles. The first-order chi connectivity index (χ1) is 9.79. The number of nitrogens with zero attached hydrogens (tertiary/aromatic N) is 1. The van der Waals surface area contributed by atoms with Crippen LogP contribution in [0.4, 0.5) is 0 Å². The largest absolute Gasteiger partial charge is 0.321 e. The maximum absolute atomic E-state index is 12.2. The van der Waals surface area contributed by atoms with Gasteiger partial charge in [0, 0.05) is 29.6 Å². The van der Waals surface area contributed by atoms with Gasteiger partial charge in [0.2, 0.25) is 0 Å². The minimum absolute atomic E-state index is 0.0871. The van der Waals surface area contributed by atoms with Crippen LogP contribution in [0.1, 0.15) is 16.7 Å². The molecule has 0 radical (unpaired) electrons. The van der Waals surface area contributed by atoms with E-state index < -0.39 is 0 Å². The highest BCUT2D eigenvalue weighted by Gasteiger charge is 2.24. The van der Waals surface area contributed by atoms with Gasteiger partial charge in [-0.15, -0.1) is 11.6 Å². The summed E-state index contributed by atoms with van der Waals surface area (Å²) >= 11 is 6.02. The third kappa shape index (κ3) is 1.47. The van der Waals surface area contributed by atoms with E-state index in [0.717, 1.165) is 34.3 Å². The van der Waals surface area contributed by atoms with E-state index in [0.29, 0.717) is 11.3 Å². The van der Waals surface area contributed by atoms with Crippen LogP contribution in [0.5, 0.6) is 0 Å². The van der Waals surface area contributed by atoms with E-state index in [1.165, 1.54) is 5.56 Å². The van der Waals surface area contributed by atoms with Gasteiger partial charge >= 0.3 is 0 Å². The molecule has 0 unspecified atom stereocenters. The van der Waals surface area contributed by atoms with Crippen molar-refractivity contribution in [2.24, 2.45) is 0 Å². The lowest BCUT2D eigenvalue weighted by Gasteiger charge is -2.04. The fourth-order valence-corrected chi connectivity index (χ4v) is 3.24. The summed E-state index contributed by atoms with van der Waals surface area (Å²) in [5.74, 6) is 0.479. The summed E-state index contributed by atoms with van der Waals surface area (Å²) in [6.07, 6.45) is 2.51. The first-order valence-electron chi connectivity index (χ1n) is 6.46. The monoisotopic (exact) mass is 282 g/mol. The minimum atomic E-state index is -0.0871. The Morgan fingerprint density at radius 3 is 2.95 bits per heavy atom. The molecule has 1 aromatic carbocycles. The summed E-state index contributed by atoms with van der Waals surface area (Å²) < 4.78 is 0. The van der Waals surface area contributed by atoms with Gasteiger partial charge < -0.3 is 4.98 Å². The first kappa shape index (κ1) is 11.7. The summed E-state index contributed by atoms with van der Waals surface area (Å²) in [5.41, 5.74) is 6.08. The van der Waals surface area contributed by atoms with E-state index in [1.54, 1.807) is 12.3 Å². The van der Waals surface area contributed by atoms with Gasteiger partial charge in [0.1, 0.15) is 0 Å². The average Bonchev–Trinajstić information content (AvgIpc) is 2.86. The van der Waals surface area contributed by atoms with Crippen LogP contribution in [0.2, 0.25) is 0 Å². The SMILES string of the molecule is O=c1[nH]c2c(c3ncccc13)Cc1c(CCl)cccc1-2. The molecule has 1 aliphatic rings. The van der Waals surface area contributed by atoms with Gasteiger partial charge in [-0.1, -0.05) is 18.2 Å². The van der Waals surface area contributed by atoms with Crippen LogP contribution < -0.4 is 5.56 Å². The molecule has 0 atom stereocenters. The standard InChI is InChI=1S/C16H11ClN2O/c17-8-9-3-1-4-10-12(9)7-13-14-11(5-2-6-18-14)16(20)19-15(10)13/h1-6H,7-8H2,(H,19,20). The van der Waals surface area contributed by atoms with Crippen LogP contribution in [0.15, 0.2) is 41.3 Å². The lowest BCUT2D eigenvalue weighted by molar-refractivity contribution is 1.18. The zero-order chi connectivity index (χ0) is 13.7. The van der Waals surface area contributed by atoms with Gasteiger partial charge in [0.15, 0.2) is 0 Å². The molecule has 4 heteroatoms. The molecule has 98 valence electrons. The Morgan fingerprint density at radius 1 is 1.20 bits per heavy atom. The molecule has 0 spiro atoms. The quantitative estimate of drug-likeness (QED) is 0.545. The molecule has 1 aliphatic carbocycles. The zero-order valence-electron chi connectivity index (χ0n) is 10.6. The zero-order valence-corrected chi connectivity index (χ0v) is 11.4. The predicted molar refractivity (Wildman–Crippen MR) is 80.2 cm³/mol. The number of nitrogens with one attached hydrogen (secondary N) is 1. The van der Waals surface area contributed by atoms with Crippen molar-refractivity contribution in [3.8, 4) is 11.3 Å². The third-order valence-corrected chi connectivity index (χ3v) is 4.21. The normalized spacial score (nSPS) is 12.4. The van der Waals surface area contributed by atoms with Crippen LogP contribution in [0, 0.1) is 0 Å². The molecular formula is C16H11ClN2O. The summed E-state index contributed by atoms with van der Waals surface area (Å²) in [4.78, 5) is 19.6. The average molecular weight is 283 g/mol. The summed E-state index contributed by atoms with van der Waals surface area (Å²) in [5, 5.41) is 0.645. The fraction of sp³-hybridized carbons (Fsp3) is 0.125. The minimum Gasteiger partial charge on any atom is -0.321 e. The summed E-state index contributed by atoms with van der Waals surface area (Å²) in [6, 6.07) is 9.64. The fourth-order valence-electron chi connectivity index (χ4n) is 2.99. The molecule has 3 nitrogen and oxygen atoms in total. The number of hydrogen-bond acceptors (Lipinski definition) is 2. The maximum atomic E-state index is 12.2. The van der Waals surface area contributed by atoms with Crippen molar-refractivity contribution in [1.82, 2.24) is 9.97 Å². The van der Waals surface area contributed by atoms with Crippen molar-refractivity contribution < 1.29 is 0 Å². The molecule has 1 N–H and O–H groups in total. The molecule has 2 heterocycles. The van der Waals surface area contributed by atoms with Gasteiger partial charge in [0.25, 0.3) is 5.56 Å². The van der Waals surface area contributed by atoms with Gasteiger partial charge in [-0.25, -0.2) is 0 Å². The molecule has 0 bridgehead atoms. The number of aromatic nitrogens is 2. The molecule has 4 rings (SSSR count). The maximum Gasteiger partial charge on any atom is 0.257 e. The van der Waals surface area contributed by atoms with Crippen LogP contribution in [0.3, 0.4) is 0 Å². The van der Waals surface area contributed by atoms with Gasteiger partial charge in [-0.2, -0.15) is 0 Å². The molecule has 0 fully saturated rings. The third-order valence-electron chi connectivity index (χ3n) is 3.92. The van der Waals surface area contributed by atoms with E-state index in [9.17, 15) is 4.79 Å². The Kier molecular flexibility index (Phi) is 2.44. The van der Waals surface area contributed by atoms with E-state index in [4.69, 9.17) is 11.6 Å². The molecule has 0 saturated heterocycles. The molecule has 2 aromatic heterocycles. The Morgan fingerprint density at radius 2 is 2.10 bits per heavy atom. The highest BCUT2D eigenvalue weighted by atomic mass is 35.5. The smallest absolute Gasteiger partial charge is 0.257 e. The van der Waals surface area contributed by atoms with Crippen LogP contribution in [-0.2, 0) is 12.3 Å². The van der Waals surface area contributed by atoms with Crippen molar-refractivity contribution in [3.63, 3.8) is 0 Å². The van der Waals surface area contributed by atoms with Crippen molar-refractivity contribution in [3.05, 3.63) is 63.6 Å². The molecular weight excluding hydrogens is 272 g/mol. The number of hydrogen-bond donors (Lipinski definition) is 1. The molecule has 3 aromatic rings. The second-order valence-corrected chi connectivity index (χ2v) is 5.23. The number of aromatic amines is 1. The Balaban J connectivity index is 2.11. The second-order valence-electron chi connectivity index (χ2n) is 4.96. The van der Waals surface area contributed by atoms with Crippen molar-refractivity contribution in [1.29, 1.82) is 0 Å². The van der Waals surface area contributed by atoms with Crippen molar-refractivity contribution >= 4 is 22.5 Å². The second kappa shape index (κ2) is 4.18. The topological polar surface area (TPSA) is 45.8 Å². The van der Waals surface area contributed by atoms with Crippen molar-refractivity contribution in [2.75, 3.05) is 0 Å². The number of halogens is 1. The van der Waals surface area contributed by atoms with E-state index >= 15 is 0 Å². The predicted octanol–water partition coefficient (Wildman–Crippen LogP) is 3.23. The van der Waals surface area contributed by atoms with E-state index in [1.807, 2.05) is 24.3 Å². The number of pyridine rings is 2. The summed E-state index contributed by atoms with van der Waals surface area (Å²) in [6.45, 7) is 0. The van der Waals surface area contributed by atoms with Crippen LogP contribution in [-0.4, -0.2) is 9.97 Å². The number of alkyl halides is 1. The number of fused-ring (bicyclic) bond motifs is 5. The number of H-pyrrole nitrogens is 1. The number of benzene rings is 1. The Hall–Kier alpha value is -2.13. The Bertz CT molecular complexity index is 899. The van der Waals surface area contributed by atoms with E-state index in [2.05, 4.69) is 9.97 Å². The highest BCUT2D eigenvalue weighted by molar-refractivity contribution is 6.17. The van der Waals surface area contributed by atoms with Crippen LogP contribution in [0.25, 0.3) is 22.2 Å². The lowest BCUT2D eigenvalue weighted by atomic mass is 10.0. The highest BCUT2D eigenvalue weighted by Crippen LogP contribution is 2.38.